The van der Waals surface area contributed by atoms with Crippen molar-refractivity contribution in [2.45, 2.75) is 13.5 Å². The Morgan fingerprint density at radius 2 is 2.05 bits per heavy atom. The Kier molecular flexibility index (Phi) is 3.43. The van der Waals surface area contributed by atoms with E-state index in [1.807, 2.05) is 43.3 Å². The first-order chi connectivity index (χ1) is 10.1. The van der Waals surface area contributed by atoms with Gasteiger partial charge in [0.1, 0.15) is 16.4 Å². The highest BCUT2D eigenvalue weighted by Crippen LogP contribution is 2.34. The van der Waals surface area contributed by atoms with Gasteiger partial charge < -0.3 is 15.1 Å². The molecule has 3 rings (SSSR count). The fourth-order valence-corrected chi connectivity index (χ4v) is 3.39. The van der Waals surface area contributed by atoms with Crippen LogP contribution >= 0.6 is 11.3 Å². The predicted octanol–water partition coefficient (Wildman–Crippen LogP) is 3.66. The molecule has 0 spiro atoms. The van der Waals surface area contributed by atoms with Gasteiger partial charge in [-0.05, 0) is 25.1 Å². The number of hydrogen-bond donors (Lipinski definition) is 1. The topological polar surface area (TPSA) is 59.5 Å². The Bertz CT molecular complexity index is 804. The van der Waals surface area contributed by atoms with E-state index < -0.39 is 0 Å². The van der Waals surface area contributed by atoms with Crippen molar-refractivity contribution in [2.75, 3.05) is 12.8 Å². The molecule has 0 atom stereocenters. The van der Waals surface area contributed by atoms with E-state index >= 15 is 0 Å². The minimum absolute atomic E-state index is 0.0808. The summed E-state index contributed by atoms with van der Waals surface area (Å²) in [5.41, 5.74) is 6.67. The second-order valence-electron chi connectivity index (χ2n) is 5.01. The number of aryl methyl sites for hydroxylation is 1. The number of benzene rings is 1. The van der Waals surface area contributed by atoms with Crippen LogP contribution in [0.3, 0.4) is 0 Å². The number of carbonyl (C=O) groups excluding carboxylic acids is 1. The zero-order valence-corrected chi connectivity index (χ0v) is 12.7. The molecule has 108 valence electrons. The Labute approximate surface area is 126 Å². The number of thiophene rings is 1. The third kappa shape index (κ3) is 2.52. The molecule has 1 aromatic carbocycles. The Balaban J connectivity index is 1.87. The van der Waals surface area contributed by atoms with Crippen molar-refractivity contribution in [3.63, 3.8) is 0 Å². The van der Waals surface area contributed by atoms with Gasteiger partial charge in [0.05, 0.1) is 12.2 Å². The highest BCUT2D eigenvalue weighted by atomic mass is 32.1. The minimum Gasteiger partial charge on any atom is -0.464 e. The lowest BCUT2D eigenvalue weighted by Crippen LogP contribution is -2.25. The van der Waals surface area contributed by atoms with Crippen LogP contribution in [0.15, 0.2) is 40.8 Å². The molecule has 2 aromatic heterocycles. The molecular formula is C16H16N2O2S. The van der Waals surface area contributed by atoms with Crippen molar-refractivity contribution in [3.05, 3.63) is 52.8 Å². The molecule has 0 radical (unpaired) electrons. The maximum Gasteiger partial charge on any atom is 0.266 e. The molecule has 0 aliphatic rings. The van der Waals surface area contributed by atoms with Crippen LogP contribution in [0.5, 0.6) is 0 Å². The fourth-order valence-electron chi connectivity index (χ4n) is 2.27. The lowest BCUT2D eigenvalue weighted by atomic mass is 10.2. The zero-order valence-electron chi connectivity index (χ0n) is 11.9. The fraction of sp³-hybridized carbons (Fsp3) is 0.188. The van der Waals surface area contributed by atoms with Gasteiger partial charge in [-0.25, -0.2) is 0 Å². The van der Waals surface area contributed by atoms with Crippen LogP contribution in [0.2, 0.25) is 0 Å². The average Bonchev–Trinajstić information content (AvgIpc) is 3.03. The quantitative estimate of drug-likeness (QED) is 0.803. The number of anilines is 1. The summed E-state index contributed by atoms with van der Waals surface area (Å²) < 4.78 is 6.54. The van der Waals surface area contributed by atoms with Gasteiger partial charge in [-0.1, -0.05) is 18.2 Å². The molecule has 2 N–H and O–H groups in total. The van der Waals surface area contributed by atoms with Gasteiger partial charge in [-0.2, -0.15) is 0 Å². The molecule has 5 heteroatoms. The highest BCUT2D eigenvalue weighted by Gasteiger charge is 2.20. The van der Waals surface area contributed by atoms with Crippen molar-refractivity contribution in [3.8, 4) is 0 Å². The number of nitrogen functional groups attached to an aromatic ring is 1. The lowest BCUT2D eigenvalue weighted by molar-refractivity contribution is 0.0781. The number of rotatable bonds is 3. The van der Waals surface area contributed by atoms with Gasteiger partial charge in [-0.15, -0.1) is 11.3 Å². The first kappa shape index (κ1) is 13.7. The summed E-state index contributed by atoms with van der Waals surface area (Å²) >= 11 is 1.43. The standard InChI is InChI=1S/C16H16N2O2S/c1-10-7-8-11(20-10)9-18(2)16(19)15-14(17)12-5-3-4-6-13(12)21-15/h3-8H,9,17H2,1-2H3. The lowest BCUT2D eigenvalue weighted by Gasteiger charge is -2.15. The molecule has 21 heavy (non-hydrogen) atoms. The zero-order chi connectivity index (χ0) is 15.0. The van der Waals surface area contributed by atoms with Crippen molar-refractivity contribution in [2.24, 2.45) is 0 Å². The number of amides is 1. The summed E-state index contributed by atoms with van der Waals surface area (Å²) in [5.74, 6) is 1.53. The van der Waals surface area contributed by atoms with Crippen LogP contribution < -0.4 is 5.73 Å². The first-order valence-corrected chi connectivity index (χ1v) is 7.45. The number of hydrogen-bond acceptors (Lipinski definition) is 4. The molecule has 3 aromatic rings. The number of nitrogens with zero attached hydrogens (tertiary/aromatic N) is 1. The van der Waals surface area contributed by atoms with Crippen molar-refractivity contribution < 1.29 is 9.21 Å². The number of furan rings is 1. The van der Waals surface area contributed by atoms with Crippen molar-refractivity contribution >= 4 is 33.0 Å². The monoisotopic (exact) mass is 300 g/mol. The van der Waals surface area contributed by atoms with E-state index in [1.165, 1.54) is 11.3 Å². The van der Waals surface area contributed by atoms with Gasteiger partial charge in [0.2, 0.25) is 0 Å². The molecule has 2 heterocycles. The number of carbonyl (C=O) groups is 1. The van der Waals surface area contributed by atoms with E-state index in [9.17, 15) is 4.79 Å². The molecule has 0 saturated heterocycles. The van der Waals surface area contributed by atoms with Crippen molar-refractivity contribution in [1.29, 1.82) is 0 Å². The van der Waals surface area contributed by atoms with Crippen molar-refractivity contribution in [1.82, 2.24) is 4.90 Å². The van der Waals surface area contributed by atoms with E-state index in [4.69, 9.17) is 10.2 Å². The first-order valence-electron chi connectivity index (χ1n) is 6.64. The van der Waals surface area contributed by atoms with Gasteiger partial charge in [0, 0.05) is 17.1 Å². The molecule has 0 fully saturated rings. The molecule has 0 saturated carbocycles. The molecule has 1 amide bonds. The largest absolute Gasteiger partial charge is 0.464 e. The summed E-state index contributed by atoms with van der Waals surface area (Å²) in [7, 11) is 1.75. The Hall–Kier alpha value is -2.27. The van der Waals surface area contributed by atoms with Crippen LogP contribution in [0.1, 0.15) is 21.2 Å². The SMILES string of the molecule is Cc1ccc(CN(C)C(=O)c2sc3ccccc3c2N)o1. The minimum atomic E-state index is -0.0808. The maximum absolute atomic E-state index is 12.6. The molecule has 0 aliphatic carbocycles. The Morgan fingerprint density at radius 1 is 1.29 bits per heavy atom. The van der Waals surface area contributed by atoms with Gasteiger partial charge in [0.15, 0.2) is 0 Å². The molecule has 0 aliphatic heterocycles. The Morgan fingerprint density at radius 3 is 2.71 bits per heavy atom. The second-order valence-corrected chi connectivity index (χ2v) is 6.07. The summed E-state index contributed by atoms with van der Waals surface area (Å²) in [6.45, 7) is 2.32. The molecule has 0 unspecified atom stereocenters. The van der Waals surface area contributed by atoms with E-state index in [-0.39, 0.29) is 5.91 Å². The molecule has 4 nitrogen and oxygen atoms in total. The highest BCUT2D eigenvalue weighted by molar-refractivity contribution is 7.21. The second kappa shape index (κ2) is 5.26. The van der Waals surface area contributed by atoms with Crippen LogP contribution in [-0.2, 0) is 6.54 Å². The average molecular weight is 300 g/mol. The van der Waals surface area contributed by atoms with Gasteiger partial charge in [-0.3, -0.25) is 4.79 Å². The third-order valence-electron chi connectivity index (χ3n) is 3.36. The molecular weight excluding hydrogens is 284 g/mol. The summed E-state index contributed by atoms with van der Waals surface area (Å²) in [4.78, 5) is 14.8. The van der Waals surface area contributed by atoms with Gasteiger partial charge >= 0.3 is 0 Å². The predicted molar refractivity (Wildman–Crippen MR) is 85.5 cm³/mol. The van der Waals surface area contributed by atoms with Gasteiger partial charge in [0.25, 0.3) is 5.91 Å². The van der Waals surface area contributed by atoms with E-state index in [0.29, 0.717) is 17.1 Å². The van der Waals surface area contributed by atoms with Crippen LogP contribution in [0, 0.1) is 6.92 Å². The summed E-state index contributed by atoms with van der Waals surface area (Å²) in [5, 5.41) is 0.938. The number of nitrogens with two attached hydrogens (primary N) is 1. The third-order valence-corrected chi connectivity index (χ3v) is 4.54. The van der Waals surface area contributed by atoms with E-state index in [1.54, 1.807) is 11.9 Å². The normalized spacial score (nSPS) is 11.0. The van der Waals surface area contributed by atoms with E-state index in [0.717, 1.165) is 21.6 Å². The van der Waals surface area contributed by atoms with Crippen LogP contribution in [0.25, 0.3) is 10.1 Å². The maximum atomic E-state index is 12.6. The van der Waals surface area contributed by atoms with Crippen LogP contribution in [0.4, 0.5) is 5.69 Å². The van der Waals surface area contributed by atoms with Crippen LogP contribution in [-0.4, -0.2) is 17.9 Å². The summed E-state index contributed by atoms with van der Waals surface area (Å²) in [6.07, 6.45) is 0. The van der Waals surface area contributed by atoms with E-state index in [2.05, 4.69) is 0 Å². The summed E-state index contributed by atoms with van der Waals surface area (Å²) in [6, 6.07) is 11.6. The number of fused-ring (bicyclic) bond motifs is 1. The smallest absolute Gasteiger partial charge is 0.266 e. The molecule has 0 bridgehead atoms.